The Morgan fingerprint density at radius 1 is 1.16 bits per heavy atom. The molecule has 0 saturated carbocycles. The first-order valence-electron chi connectivity index (χ1n) is 9.34. The van der Waals surface area contributed by atoms with E-state index >= 15 is 0 Å². The van der Waals surface area contributed by atoms with Gasteiger partial charge in [-0.1, -0.05) is 12.1 Å². The molecule has 3 rings (SSSR count). The Morgan fingerprint density at radius 2 is 1.84 bits per heavy atom. The minimum absolute atomic E-state index is 0.149. The Balaban J connectivity index is 1.65. The molecule has 0 radical (unpaired) electrons. The number of aliphatic hydroxyl groups is 1. The summed E-state index contributed by atoms with van der Waals surface area (Å²) in [6.07, 6.45) is 0.342. The molecule has 3 N–H and O–H groups in total. The molecule has 2 aromatic carbocycles. The second-order valence-electron chi connectivity index (χ2n) is 6.78. The van der Waals surface area contributed by atoms with Gasteiger partial charge in [0.25, 0.3) is 5.91 Å². The third kappa shape index (κ3) is 5.20. The van der Waals surface area contributed by atoms with Crippen molar-refractivity contribution < 1.29 is 38.8 Å². The number of ether oxygens (including phenoxy) is 3. The maximum atomic E-state index is 12.5. The summed E-state index contributed by atoms with van der Waals surface area (Å²) in [5, 5.41) is 20.6. The lowest BCUT2D eigenvalue weighted by molar-refractivity contribution is -0.145. The molecule has 162 valence electrons. The van der Waals surface area contributed by atoms with E-state index in [9.17, 15) is 19.5 Å². The van der Waals surface area contributed by atoms with Crippen LogP contribution in [0.1, 0.15) is 22.8 Å². The fourth-order valence-corrected chi connectivity index (χ4v) is 2.86. The third-order valence-electron chi connectivity index (χ3n) is 4.49. The molecule has 1 heterocycles. The zero-order valence-corrected chi connectivity index (χ0v) is 16.8. The van der Waals surface area contributed by atoms with Crippen LogP contribution in [-0.4, -0.2) is 53.7 Å². The molecule has 0 aromatic heterocycles. The van der Waals surface area contributed by atoms with Gasteiger partial charge in [0.15, 0.2) is 18.4 Å². The zero-order chi connectivity index (χ0) is 22.5. The van der Waals surface area contributed by atoms with Crippen molar-refractivity contribution >= 4 is 23.7 Å². The number of benzene rings is 2. The first-order chi connectivity index (χ1) is 14.8. The Labute approximate surface area is 177 Å². The van der Waals surface area contributed by atoms with E-state index in [1.54, 1.807) is 37.5 Å². The number of hydrogen-bond acceptors (Lipinski definition) is 7. The number of hydrogen-bond donors (Lipinski definition) is 3. The molecule has 0 aliphatic carbocycles. The van der Waals surface area contributed by atoms with Gasteiger partial charge in [-0.3, -0.25) is 9.59 Å². The Morgan fingerprint density at radius 3 is 2.45 bits per heavy atom. The van der Waals surface area contributed by atoms with Crippen molar-refractivity contribution in [3.63, 3.8) is 0 Å². The van der Waals surface area contributed by atoms with E-state index in [4.69, 9.17) is 19.3 Å². The Bertz CT molecular complexity index is 1030. The highest BCUT2D eigenvalue weighted by atomic mass is 16.5. The topological polar surface area (TPSA) is 131 Å². The second-order valence-corrected chi connectivity index (χ2v) is 6.78. The monoisotopic (exact) mass is 427 g/mol. The highest BCUT2D eigenvalue weighted by Gasteiger charge is 2.28. The van der Waals surface area contributed by atoms with Crippen molar-refractivity contribution in [2.45, 2.75) is 19.1 Å². The molecule has 1 aliphatic rings. The van der Waals surface area contributed by atoms with E-state index in [-0.39, 0.29) is 23.0 Å². The number of ketones is 1. The number of aliphatic carboxylic acids is 1. The van der Waals surface area contributed by atoms with Gasteiger partial charge in [-0.2, -0.15) is 0 Å². The van der Waals surface area contributed by atoms with Gasteiger partial charge in [-0.15, -0.1) is 0 Å². The SMILES string of the molecule is COc1ccc(/C=C2\Oc3cc(OCC(=O)N[C@H](C(=O)O)C(C)O)ccc3C2=O)cc1. The average Bonchev–Trinajstić information content (AvgIpc) is 3.05. The zero-order valence-electron chi connectivity index (χ0n) is 16.8. The van der Waals surface area contributed by atoms with Gasteiger partial charge >= 0.3 is 5.97 Å². The van der Waals surface area contributed by atoms with Crippen LogP contribution in [0.25, 0.3) is 6.08 Å². The Kier molecular flexibility index (Phi) is 6.56. The predicted octanol–water partition coefficient (Wildman–Crippen LogP) is 1.64. The van der Waals surface area contributed by atoms with Gasteiger partial charge in [-0.25, -0.2) is 4.79 Å². The molecule has 2 aromatic rings. The number of allylic oxidation sites excluding steroid dienone is 1. The van der Waals surface area contributed by atoms with Crippen molar-refractivity contribution in [3.05, 3.63) is 59.4 Å². The highest BCUT2D eigenvalue weighted by Crippen LogP contribution is 2.35. The average molecular weight is 427 g/mol. The molecule has 0 spiro atoms. The number of Topliss-reactive ketones (excluding diaryl/α,β-unsaturated/α-hetero) is 1. The van der Waals surface area contributed by atoms with Crippen LogP contribution in [0.2, 0.25) is 0 Å². The van der Waals surface area contributed by atoms with E-state index in [2.05, 4.69) is 5.32 Å². The summed E-state index contributed by atoms with van der Waals surface area (Å²) in [7, 11) is 1.56. The van der Waals surface area contributed by atoms with Crippen LogP contribution in [0.3, 0.4) is 0 Å². The largest absolute Gasteiger partial charge is 0.497 e. The summed E-state index contributed by atoms with van der Waals surface area (Å²) >= 11 is 0. The molecule has 0 saturated heterocycles. The molecule has 1 unspecified atom stereocenters. The molecule has 9 heteroatoms. The number of nitrogens with one attached hydrogen (secondary N) is 1. The van der Waals surface area contributed by atoms with Gasteiger partial charge < -0.3 is 29.7 Å². The molecule has 2 atom stereocenters. The fourth-order valence-electron chi connectivity index (χ4n) is 2.86. The molecule has 9 nitrogen and oxygen atoms in total. The number of amides is 1. The molecule has 1 aliphatic heterocycles. The summed E-state index contributed by atoms with van der Waals surface area (Å²) in [5.74, 6) is -0.966. The predicted molar refractivity (Wildman–Crippen MR) is 109 cm³/mol. The van der Waals surface area contributed by atoms with Gasteiger partial charge in [0.1, 0.15) is 17.2 Å². The normalized spacial score (nSPS) is 15.6. The van der Waals surface area contributed by atoms with E-state index in [0.717, 1.165) is 5.56 Å². The molecule has 1 amide bonds. The summed E-state index contributed by atoms with van der Waals surface area (Å²) in [6.45, 7) is 0.781. The van der Waals surface area contributed by atoms with Crippen LogP contribution in [0.15, 0.2) is 48.2 Å². The van der Waals surface area contributed by atoms with Gasteiger partial charge in [0.05, 0.1) is 18.8 Å². The number of carboxylic acids is 1. The Hall–Kier alpha value is -3.85. The quantitative estimate of drug-likeness (QED) is 0.542. The first-order valence-corrected chi connectivity index (χ1v) is 9.34. The van der Waals surface area contributed by atoms with Crippen LogP contribution in [0, 0.1) is 0 Å². The molecular formula is C22H21NO8. The van der Waals surface area contributed by atoms with Crippen LogP contribution in [-0.2, 0) is 9.59 Å². The second kappa shape index (κ2) is 9.31. The summed E-state index contributed by atoms with van der Waals surface area (Å²) < 4.78 is 16.1. The van der Waals surface area contributed by atoms with Crippen molar-refractivity contribution in [1.82, 2.24) is 5.32 Å². The standard InChI is InChI=1S/C22H21NO8/c1-12(24)20(22(27)28)23-19(25)11-30-15-7-8-16-17(10-15)31-18(21(16)26)9-13-3-5-14(29-2)6-4-13/h3-10,12,20,24H,11H2,1-2H3,(H,23,25)(H,27,28)/b18-9-/t12?,20-/m0/s1. The highest BCUT2D eigenvalue weighted by molar-refractivity contribution is 6.14. The lowest BCUT2D eigenvalue weighted by atomic mass is 10.1. The van der Waals surface area contributed by atoms with E-state index in [1.165, 1.54) is 25.1 Å². The van der Waals surface area contributed by atoms with Crippen LogP contribution >= 0.6 is 0 Å². The summed E-state index contributed by atoms with van der Waals surface area (Å²) in [6, 6.07) is 10.2. The third-order valence-corrected chi connectivity index (χ3v) is 4.49. The number of fused-ring (bicyclic) bond motifs is 1. The number of methoxy groups -OCH3 is 1. The van der Waals surface area contributed by atoms with E-state index in [0.29, 0.717) is 11.3 Å². The van der Waals surface area contributed by atoms with E-state index < -0.39 is 30.6 Å². The number of aliphatic hydroxyl groups excluding tert-OH is 1. The molecule has 0 bridgehead atoms. The van der Waals surface area contributed by atoms with Crippen molar-refractivity contribution in [1.29, 1.82) is 0 Å². The van der Waals surface area contributed by atoms with E-state index in [1.807, 2.05) is 0 Å². The van der Waals surface area contributed by atoms with Crippen LogP contribution in [0.4, 0.5) is 0 Å². The van der Waals surface area contributed by atoms with Gasteiger partial charge in [0.2, 0.25) is 5.78 Å². The smallest absolute Gasteiger partial charge is 0.328 e. The summed E-state index contributed by atoms with van der Waals surface area (Å²) in [5.41, 5.74) is 1.12. The molecule has 0 fully saturated rings. The summed E-state index contributed by atoms with van der Waals surface area (Å²) in [4.78, 5) is 35.5. The molecular weight excluding hydrogens is 406 g/mol. The minimum atomic E-state index is -1.44. The van der Waals surface area contributed by atoms with Crippen LogP contribution < -0.4 is 19.5 Å². The number of carbonyl (C=O) groups is 3. The molecule has 31 heavy (non-hydrogen) atoms. The lowest BCUT2D eigenvalue weighted by Crippen LogP contribution is -2.49. The maximum absolute atomic E-state index is 12.5. The number of rotatable bonds is 8. The van der Waals surface area contributed by atoms with Crippen molar-refractivity contribution in [2.75, 3.05) is 13.7 Å². The maximum Gasteiger partial charge on any atom is 0.328 e. The minimum Gasteiger partial charge on any atom is -0.497 e. The first kappa shape index (κ1) is 21.8. The lowest BCUT2D eigenvalue weighted by Gasteiger charge is -2.17. The number of carbonyl (C=O) groups excluding carboxylic acids is 2. The van der Waals surface area contributed by atoms with Gasteiger partial charge in [0, 0.05) is 6.07 Å². The van der Waals surface area contributed by atoms with Crippen molar-refractivity contribution in [3.8, 4) is 17.2 Å². The van der Waals surface area contributed by atoms with Gasteiger partial charge in [-0.05, 0) is 42.8 Å². The van der Waals surface area contributed by atoms with Crippen molar-refractivity contribution in [2.24, 2.45) is 0 Å². The number of carboxylic acid groups (broad SMARTS) is 1. The fraction of sp³-hybridized carbons (Fsp3) is 0.227. The van der Waals surface area contributed by atoms with Crippen LogP contribution in [0.5, 0.6) is 17.2 Å².